The predicted molar refractivity (Wildman–Crippen MR) is 98.6 cm³/mol. The van der Waals surface area contributed by atoms with E-state index in [0.29, 0.717) is 12.5 Å². The highest BCUT2D eigenvalue weighted by molar-refractivity contribution is 7.11. The zero-order valence-corrected chi connectivity index (χ0v) is 16.5. The normalized spacial score (nSPS) is 16.8. The topological polar surface area (TPSA) is 82.5 Å². The summed E-state index contributed by atoms with van der Waals surface area (Å²) in [6.45, 7) is 9.76. The molecule has 1 saturated carbocycles. The van der Waals surface area contributed by atoms with Crippen LogP contribution in [0.1, 0.15) is 63.3 Å². The van der Waals surface area contributed by atoms with Crippen LogP contribution in [0.5, 0.6) is 0 Å². The van der Waals surface area contributed by atoms with Crippen molar-refractivity contribution < 1.29 is 14.7 Å². The van der Waals surface area contributed by atoms with Crippen molar-refractivity contribution >= 4 is 23.2 Å². The zero-order valence-electron chi connectivity index (χ0n) is 15.7. The van der Waals surface area contributed by atoms with Gasteiger partial charge in [0.2, 0.25) is 0 Å². The number of amides is 2. The second-order valence-corrected chi connectivity index (χ2v) is 8.55. The van der Waals surface area contributed by atoms with Crippen molar-refractivity contribution in [2.24, 2.45) is 5.92 Å². The van der Waals surface area contributed by atoms with Crippen LogP contribution >= 0.6 is 11.3 Å². The molecule has 0 aliphatic heterocycles. The van der Waals surface area contributed by atoms with Gasteiger partial charge in [-0.25, -0.2) is 9.78 Å². The third-order valence-corrected chi connectivity index (χ3v) is 5.56. The summed E-state index contributed by atoms with van der Waals surface area (Å²) in [5.41, 5.74) is 0. The molecule has 0 bridgehead atoms. The summed E-state index contributed by atoms with van der Waals surface area (Å²) >= 11 is 1.62. The second-order valence-electron chi connectivity index (χ2n) is 7.40. The van der Waals surface area contributed by atoms with Gasteiger partial charge in [-0.3, -0.25) is 4.79 Å². The van der Waals surface area contributed by atoms with E-state index in [-0.39, 0.29) is 23.8 Å². The van der Waals surface area contributed by atoms with Gasteiger partial charge in [0.1, 0.15) is 6.04 Å². The number of hydrogen-bond acceptors (Lipinski definition) is 5. The molecule has 1 aliphatic rings. The van der Waals surface area contributed by atoms with E-state index < -0.39 is 12.1 Å². The Labute approximate surface area is 153 Å². The summed E-state index contributed by atoms with van der Waals surface area (Å²) in [5, 5.41) is 13.7. The van der Waals surface area contributed by atoms with Gasteiger partial charge >= 0.3 is 6.03 Å². The van der Waals surface area contributed by atoms with Crippen molar-refractivity contribution in [2.45, 2.75) is 78.1 Å². The summed E-state index contributed by atoms with van der Waals surface area (Å²) in [5.74, 6) is -0.0337. The van der Waals surface area contributed by atoms with E-state index in [1.807, 2.05) is 6.20 Å². The van der Waals surface area contributed by atoms with Gasteiger partial charge in [0, 0.05) is 29.0 Å². The first-order valence-electron chi connectivity index (χ1n) is 8.94. The summed E-state index contributed by atoms with van der Waals surface area (Å²) in [7, 11) is 0. The van der Waals surface area contributed by atoms with Crippen LogP contribution in [0, 0.1) is 5.92 Å². The van der Waals surface area contributed by atoms with Crippen LogP contribution in [0.2, 0.25) is 0 Å². The van der Waals surface area contributed by atoms with E-state index in [9.17, 15) is 14.7 Å². The second kappa shape index (κ2) is 8.27. The molecule has 7 heteroatoms. The monoisotopic (exact) mass is 367 g/mol. The molecule has 25 heavy (non-hydrogen) atoms. The van der Waals surface area contributed by atoms with Crippen molar-refractivity contribution in [3.63, 3.8) is 0 Å². The Bertz CT molecular complexity index is 608. The third kappa shape index (κ3) is 5.25. The number of aromatic nitrogens is 1. The Morgan fingerprint density at radius 3 is 2.40 bits per heavy atom. The highest BCUT2D eigenvalue weighted by atomic mass is 32.1. The van der Waals surface area contributed by atoms with Gasteiger partial charge in [-0.2, -0.15) is 0 Å². The number of nitrogens with one attached hydrogen (secondary N) is 1. The lowest BCUT2D eigenvalue weighted by Crippen LogP contribution is -2.53. The Kier molecular flexibility index (Phi) is 6.57. The first-order chi connectivity index (χ1) is 11.7. The molecule has 1 aromatic heterocycles. The average Bonchev–Trinajstić information content (AvgIpc) is 3.26. The number of aliphatic hydroxyl groups excluding tert-OH is 1. The predicted octanol–water partition coefficient (Wildman–Crippen LogP) is 2.92. The van der Waals surface area contributed by atoms with Crippen LogP contribution in [0.25, 0.3) is 0 Å². The number of carbonyl (C=O) groups is 2. The molecule has 1 aliphatic carbocycles. The van der Waals surface area contributed by atoms with Crippen molar-refractivity contribution in [3.05, 3.63) is 16.1 Å². The molecular formula is C18H29N3O3S. The first-order valence-corrected chi connectivity index (χ1v) is 9.75. The van der Waals surface area contributed by atoms with Crippen molar-refractivity contribution in [2.75, 3.05) is 0 Å². The fraction of sp³-hybridized carbons (Fsp3) is 0.722. The standard InChI is InChI=1S/C18H29N3O3S/c1-10(2)16(23)15(12(5)22)20-18(24)21(13-6-7-13)9-14-8-19-17(25-14)11(3)4/h8,10-13,15,22H,6-7,9H2,1-5H3,(H,20,24). The van der Waals surface area contributed by atoms with E-state index in [4.69, 9.17) is 0 Å². The Balaban J connectivity index is 2.08. The molecule has 2 unspecified atom stereocenters. The number of rotatable bonds is 8. The quantitative estimate of drug-likeness (QED) is 0.740. The lowest BCUT2D eigenvalue weighted by Gasteiger charge is -2.27. The smallest absolute Gasteiger partial charge is 0.318 e. The number of nitrogens with zero attached hydrogens (tertiary/aromatic N) is 2. The van der Waals surface area contributed by atoms with Crippen LogP contribution < -0.4 is 5.32 Å². The number of Topliss-reactive ketones (excluding diaryl/α,β-unsaturated/α-hetero) is 1. The highest BCUT2D eigenvalue weighted by Gasteiger charge is 2.36. The molecule has 2 atom stereocenters. The van der Waals surface area contributed by atoms with Gasteiger partial charge in [0.15, 0.2) is 5.78 Å². The van der Waals surface area contributed by atoms with E-state index >= 15 is 0 Å². The maximum absolute atomic E-state index is 12.7. The molecule has 0 spiro atoms. The van der Waals surface area contributed by atoms with Crippen LogP contribution in [0.15, 0.2) is 6.20 Å². The maximum Gasteiger partial charge on any atom is 0.318 e. The van der Waals surface area contributed by atoms with E-state index in [1.54, 1.807) is 30.1 Å². The van der Waals surface area contributed by atoms with Gasteiger partial charge in [-0.05, 0) is 19.8 Å². The summed E-state index contributed by atoms with van der Waals surface area (Å²) in [6, 6.07) is -0.961. The van der Waals surface area contributed by atoms with Crippen LogP contribution in [-0.4, -0.2) is 45.0 Å². The molecule has 0 aromatic carbocycles. The minimum absolute atomic E-state index is 0.154. The molecular weight excluding hydrogens is 338 g/mol. The lowest BCUT2D eigenvalue weighted by molar-refractivity contribution is -0.126. The van der Waals surface area contributed by atoms with E-state index in [2.05, 4.69) is 24.1 Å². The highest BCUT2D eigenvalue weighted by Crippen LogP contribution is 2.30. The van der Waals surface area contributed by atoms with Gasteiger partial charge in [0.25, 0.3) is 0 Å². The van der Waals surface area contributed by atoms with Crippen LogP contribution in [0.4, 0.5) is 4.79 Å². The van der Waals surface area contributed by atoms with Crippen molar-refractivity contribution in [3.8, 4) is 0 Å². The van der Waals surface area contributed by atoms with Gasteiger partial charge < -0.3 is 15.3 Å². The Morgan fingerprint density at radius 1 is 1.32 bits per heavy atom. The molecule has 1 heterocycles. The molecule has 140 valence electrons. The molecule has 2 amide bonds. The van der Waals surface area contributed by atoms with Gasteiger partial charge in [-0.1, -0.05) is 27.7 Å². The average molecular weight is 368 g/mol. The fourth-order valence-corrected chi connectivity index (χ4v) is 3.51. The maximum atomic E-state index is 12.7. The molecule has 2 rings (SSSR count). The molecule has 1 aromatic rings. The Morgan fingerprint density at radius 2 is 1.96 bits per heavy atom. The number of urea groups is 1. The van der Waals surface area contributed by atoms with Gasteiger partial charge in [0.05, 0.1) is 17.7 Å². The van der Waals surface area contributed by atoms with E-state index in [0.717, 1.165) is 22.7 Å². The molecule has 0 radical (unpaired) electrons. The fourth-order valence-electron chi connectivity index (χ4n) is 2.59. The molecule has 1 fully saturated rings. The number of hydrogen-bond donors (Lipinski definition) is 2. The minimum Gasteiger partial charge on any atom is -0.391 e. The third-order valence-electron chi connectivity index (χ3n) is 4.28. The molecule has 6 nitrogen and oxygen atoms in total. The number of ketones is 1. The summed E-state index contributed by atoms with van der Waals surface area (Å²) in [4.78, 5) is 32.2. The van der Waals surface area contributed by atoms with Crippen LogP contribution in [0.3, 0.4) is 0 Å². The zero-order chi connectivity index (χ0) is 18.7. The first kappa shape index (κ1) is 19.8. The van der Waals surface area contributed by atoms with Crippen molar-refractivity contribution in [1.29, 1.82) is 0 Å². The SMILES string of the molecule is CC(C)C(=O)C(NC(=O)N(Cc1cnc(C(C)C)s1)C1CC1)C(C)O. The van der Waals surface area contributed by atoms with Crippen LogP contribution in [-0.2, 0) is 11.3 Å². The number of carbonyl (C=O) groups excluding carboxylic acids is 2. The Hall–Kier alpha value is -1.47. The number of thiazole rings is 1. The van der Waals surface area contributed by atoms with Gasteiger partial charge in [-0.15, -0.1) is 11.3 Å². The number of aliphatic hydroxyl groups is 1. The summed E-state index contributed by atoms with van der Waals surface area (Å²) in [6.07, 6.45) is 2.85. The largest absolute Gasteiger partial charge is 0.391 e. The van der Waals surface area contributed by atoms with E-state index in [1.165, 1.54) is 6.92 Å². The molecule has 0 saturated heterocycles. The minimum atomic E-state index is -0.921. The van der Waals surface area contributed by atoms with Crippen molar-refractivity contribution in [1.82, 2.24) is 15.2 Å². The molecule has 2 N–H and O–H groups in total. The lowest BCUT2D eigenvalue weighted by atomic mass is 9.98. The summed E-state index contributed by atoms with van der Waals surface area (Å²) < 4.78 is 0.